The highest BCUT2D eigenvalue weighted by Crippen LogP contribution is 2.34. The minimum atomic E-state index is -3.69. The van der Waals surface area contributed by atoms with Gasteiger partial charge in [-0.1, -0.05) is 0 Å². The molecule has 1 aliphatic heterocycles. The number of rotatable bonds is 3. The van der Waals surface area contributed by atoms with Crippen molar-refractivity contribution in [1.82, 2.24) is 9.97 Å². The standard InChI is InChI=1S/C14H11N3O4S/c18-22(19,10-2-3-11-12(6-10)16-7-15-11)17-9-1-4-13-14(5-9)21-8-20-13/h1-7,17H,8H2,(H,15,16). The third-order valence-electron chi connectivity index (χ3n) is 3.33. The van der Waals surface area contributed by atoms with Gasteiger partial charge in [-0.25, -0.2) is 13.4 Å². The number of sulfonamides is 1. The second-order valence-electron chi connectivity index (χ2n) is 4.76. The molecule has 0 atom stereocenters. The van der Waals surface area contributed by atoms with Crippen LogP contribution in [0.25, 0.3) is 11.0 Å². The Hall–Kier alpha value is -2.74. The maximum atomic E-state index is 12.4. The molecule has 0 amide bonds. The predicted molar refractivity (Wildman–Crippen MR) is 79.5 cm³/mol. The molecule has 0 fully saturated rings. The second kappa shape index (κ2) is 4.63. The van der Waals surface area contributed by atoms with Crippen molar-refractivity contribution in [3.05, 3.63) is 42.7 Å². The molecule has 0 aliphatic carbocycles. The largest absolute Gasteiger partial charge is 0.454 e. The molecule has 2 heterocycles. The number of aromatic nitrogens is 2. The first-order chi connectivity index (χ1) is 10.6. The third-order valence-corrected chi connectivity index (χ3v) is 4.71. The van der Waals surface area contributed by atoms with E-state index in [9.17, 15) is 8.42 Å². The normalized spacial score (nSPS) is 13.5. The minimum absolute atomic E-state index is 0.141. The molecular formula is C14H11N3O4S. The average molecular weight is 317 g/mol. The van der Waals surface area contributed by atoms with Crippen LogP contribution in [-0.2, 0) is 10.0 Å². The van der Waals surface area contributed by atoms with Crippen LogP contribution in [0.15, 0.2) is 47.6 Å². The van der Waals surface area contributed by atoms with Crippen molar-refractivity contribution >= 4 is 26.7 Å². The van der Waals surface area contributed by atoms with Gasteiger partial charge in [-0.2, -0.15) is 0 Å². The van der Waals surface area contributed by atoms with Crippen LogP contribution in [0.4, 0.5) is 5.69 Å². The highest BCUT2D eigenvalue weighted by Gasteiger charge is 2.18. The van der Waals surface area contributed by atoms with Crippen molar-refractivity contribution in [3.8, 4) is 11.5 Å². The first kappa shape index (κ1) is 13.0. The van der Waals surface area contributed by atoms with Crippen molar-refractivity contribution in [1.29, 1.82) is 0 Å². The molecular weight excluding hydrogens is 306 g/mol. The number of nitrogens with one attached hydrogen (secondary N) is 2. The Labute approximate surface area is 125 Å². The summed E-state index contributed by atoms with van der Waals surface area (Å²) in [7, 11) is -3.69. The molecule has 0 radical (unpaired) electrons. The summed E-state index contributed by atoms with van der Waals surface area (Å²) in [5.74, 6) is 1.12. The van der Waals surface area contributed by atoms with E-state index < -0.39 is 10.0 Å². The van der Waals surface area contributed by atoms with E-state index in [1.807, 2.05) is 0 Å². The smallest absolute Gasteiger partial charge is 0.261 e. The number of ether oxygens (including phenoxy) is 2. The summed E-state index contributed by atoms with van der Waals surface area (Å²) in [5.41, 5.74) is 1.78. The zero-order valence-electron chi connectivity index (χ0n) is 11.2. The summed E-state index contributed by atoms with van der Waals surface area (Å²) in [6.07, 6.45) is 1.52. The molecule has 0 bridgehead atoms. The van der Waals surface area contributed by atoms with Gasteiger partial charge in [-0.15, -0.1) is 0 Å². The summed E-state index contributed by atoms with van der Waals surface area (Å²) in [6.45, 7) is 0.141. The van der Waals surface area contributed by atoms with Gasteiger partial charge in [-0.3, -0.25) is 4.72 Å². The Kier molecular flexibility index (Phi) is 2.73. The highest BCUT2D eigenvalue weighted by atomic mass is 32.2. The molecule has 0 spiro atoms. The van der Waals surface area contributed by atoms with Crippen LogP contribution in [0.5, 0.6) is 11.5 Å². The number of imidazole rings is 1. The predicted octanol–water partition coefficient (Wildman–Crippen LogP) is 2.09. The lowest BCUT2D eigenvalue weighted by Crippen LogP contribution is -2.12. The Bertz CT molecular complexity index is 965. The molecule has 4 rings (SSSR count). The van der Waals surface area contributed by atoms with Crippen LogP contribution in [0.2, 0.25) is 0 Å². The second-order valence-corrected chi connectivity index (χ2v) is 6.44. The van der Waals surface area contributed by atoms with Crippen LogP contribution in [0, 0.1) is 0 Å². The van der Waals surface area contributed by atoms with Gasteiger partial charge in [0.2, 0.25) is 6.79 Å². The van der Waals surface area contributed by atoms with Crippen molar-refractivity contribution < 1.29 is 17.9 Å². The quantitative estimate of drug-likeness (QED) is 0.771. The molecule has 0 saturated heterocycles. The number of hydrogen-bond donors (Lipinski definition) is 2. The van der Waals surface area contributed by atoms with E-state index in [0.717, 1.165) is 0 Å². The van der Waals surface area contributed by atoms with Crippen LogP contribution < -0.4 is 14.2 Å². The molecule has 2 N–H and O–H groups in total. The zero-order valence-corrected chi connectivity index (χ0v) is 12.1. The Morgan fingerprint density at radius 2 is 1.95 bits per heavy atom. The number of anilines is 1. The summed E-state index contributed by atoms with van der Waals surface area (Å²) in [6, 6.07) is 9.59. The van der Waals surface area contributed by atoms with Crippen molar-refractivity contribution in [2.45, 2.75) is 4.90 Å². The van der Waals surface area contributed by atoms with Gasteiger partial charge in [0, 0.05) is 6.07 Å². The highest BCUT2D eigenvalue weighted by molar-refractivity contribution is 7.92. The Balaban J connectivity index is 1.68. The molecule has 1 aliphatic rings. The lowest BCUT2D eigenvalue weighted by Gasteiger charge is -2.08. The zero-order chi connectivity index (χ0) is 15.2. The summed E-state index contributed by atoms with van der Waals surface area (Å²) in [5, 5.41) is 0. The number of fused-ring (bicyclic) bond motifs is 2. The van der Waals surface area contributed by atoms with Crippen LogP contribution >= 0.6 is 0 Å². The molecule has 0 saturated carbocycles. The lowest BCUT2D eigenvalue weighted by atomic mass is 10.3. The number of aromatic amines is 1. The first-order valence-electron chi connectivity index (χ1n) is 6.47. The molecule has 7 nitrogen and oxygen atoms in total. The van der Waals surface area contributed by atoms with E-state index in [4.69, 9.17) is 9.47 Å². The molecule has 1 aromatic heterocycles. The van der Waals surface area contributed by atoms with Crippen molar-refractivity contribution in [2.75, 3.05) is 11.5 Å². The number of H-pyrrole nitrogens is 1. The first-order valence-corrected chi connectivity index (χ1v) is 7.96. The number of benzene rings is 2. The topological polar surface area (TPSA) is 93.3 Å². The van der Waals surface area contributed by atoms with E-state index in [1.165, 1.54) is 18.5 Å². The lowest BCUT2D eigenvalue weighted by molar-refractivity contribution is 0.174. The molecule has 3 aromatic rings. The number of hydrogen-bond acceptors (Lipinski definition) is 5. The summed E-state index contributed by atoms with van der Waals surface area (Å²) >= 11 is 0. The Morgan fingerprint density at radius 1 is 1.09 bits per heavy atom. The number of nitrogens with zero attached hydrogens (tertiary/aromatic N) is 1. The van der Waals surface area contributed by atoms with Crippen molar-refractivity contribution in [3.63, 3.8) is 0 Å². The molecule has 0 unspecified atom stereocenters. The van der Waals surface area contributed by atoms with Gasteiger partial charge < -0.3 is 14.5 Å². The molecule has 2 aromatic carbocycles. The van der Waals surface area contributed by atoms with Gasteiger partial charge in [0.05, 0.1) is 27.9 Å². The molecule has 112 valence electrons. The van der Waals surface area contributed by atoms with Crippen LogP contribution in [0.1, 0.15) is 0 Å². The van der Waals surface area contributed by atoms with Crippen molar-refractivity contribution in [2.24, 2.45) is 0 Å². The molecule has 22 heavy (non-hydrogen) atoms. The van der Waals surface area contributed by atoms with Gasteiger partial charge >= 0.3 is 0 Å². The average Bonchev–Trinajstić information content (AvgIpc) is 3.14. The molecule has 8 heteroatoms. The van der Waals surface area contributed by atoms with Gasteiger partial charge in [0.1, 0.15) is 0 Å². The maximum absolute atomic E-state index is 12.4. The maximum Gasteiger partial charge on any atom is 0.261 e. The Morgan fingerprint density at radius 3 is 2.86 bits per heavy atom. The van der Waals surface area contributed by atoms with E-state index in [0.29, 0.717) is 28.2 Å². The minimum Gasteiger partial charge on any atom is -0.454 e. The SMILES string of the molecule is O=S(=O)(Nc1ccc2c(c1)OCO2)c1ccc2nc[nH]c2c1. The van der Waals surface area contributed by atoms with Gasteiger partial charge in [0.15, 0.2) is 11.5 Å². The van der Waals surface area contributed by atoms with Gasteiger partial charge in [-0.05, 0) is 30.3 Å². The van der Waals surface area contributed by atoms with E-state index in [1.54, 1.807) is 24.3 Å². The van der Waals surface area contributed by atoms with Crippen LogP contribution in [0.3, 0.4) is 0 Å². The summed E-state index contributed by atoms with van der Waals surface area (Å²) in [4.78, 5) is 7.11. The van der Waals surface area contributed by atoms with E-state index in [-0.39, 0.29) is 11.7 Å². The monoisotopic (exact) mass is 317 g/mol. The van der Waals surface area contributed by atoms with E-state index in [2.05, 4.69) is 14.7 Å². The fourth-order valence-electron chi connectivity index (χ4n) is 2.26. The van der Waals surface area contributed by atoms with E-state index >= 15 is 0 Å². The fourth-order valence-corrected chi connectivity index (χ4v) is 3.33. The van der Waals surface area contributed by atoms with Gasteiger partial charge in [0.25, 0.3) is 10.0 Å². The van der Waals surface area contributed by atoms with Crippen LogP contribution in [-0.4, -0.2) is 25.2 Å². The summed E-state index contributed by atoms with van der Waals surface area (Å²) < 4.78 is 37.9. The third kappa shape index (κ3) is 2.13. The fraction of sp³-hybridized carbons (Fsp3) is 0.0714.